The second-order valence-electron chi connectivity index (χ2n) is 18.8. The van der Waals surface area contributed by atoms with E-state index in [2.05, 4.69) is 26.3 Å². The zero-order chi connectivity index (χ0) is 60.2. The molecule has 25 heteroatoms. The summed E-state index contributed by atoms with van der Waals surface area (Å²) in [7, 11) is 3.37. The molecule has 0 bridgehead atoms. The van der Waals surface area contributed by atoms with Crippen molar-refractivity contribution >= 4 is 47.6 Å². The van der Waals surface area contributed by atoms with Crippen LogP contribution in [-0.2, 0) is 57.2 Å². The molecule has 0 saturated carbocycles. The van der Waals surface area contributed by atoms with Crippen molar-refractivity contribution in [1.82, 2.24) is 16.0 Å². The molecule has 0 saturated heterocycles. The third-order valence-electron chi connectivity index (χ3n) is 10.3. The molecule has 80 heavy (non-hydrogen) atoms. The Morgan fingerprint density at radius 3 is 1.27 bits per heavy atom. The van der Waals surface area contributed by atoms with Crippen molar-refractivity contribution in [2.45, 2.75) is 163 Å². The molecule has 0 spiro atoms. The number of nitrogens with one attached hydrogen (secondary N) is 3. The van der Waals surface area contributed by atoms with Crippen LogP contribution >= 0.6 is 0 Å². The van der Waals surface area contributed by atoms with E-state index in [0.717, 1.165) is 85.9 Å². The number of oxime groups is 2. The van der Waals surface area contributed by atoms with Crippen LogP contribution in [-0.4, -0.2) is 144 Å². The van der Waals surface area contributed by atoms with Crippen molar-refractivity contribution in [1.29, 1.82) is 0 Å². The lowest BCUT2D eigenvalue weighted by molar-refractivity contribution is -0.192. The minimum atomic E-state index is -5.08. The number of amides is 3. The summed E-state index contributed by atoms with van der Waals surface area (Å²) >= 11 is 0. The maximum atomic E-state index is 12.0. The van der Waals surface area contributed by atoms with Crippen molar-refractivity contribution in [2.75, 3.05) is 66.8 Å². The van der Waals surface area contributed by atoms with E-state index < -0.39 is 60.5 Å². The van der Waals surface area contributed by atoms with E-state index in [1.807, 2.05) is 62.4 Å². The SMILES string of the molecule is COCCCC/C(=N\OCCNC(=O)OC(C)OC(=O)CCCCCN)c1ccc(C)cc1.COCCCC/C(=N\OCCNC(=O)OC(C)OC(=O)CCCCCNC(=O)OC(C)(C)C)c1ccc(C)cc1.O=C(O)C(F)(F)F. The number of benzene rings is 2. The van der Waals surface area contributed by atoms with E-state index in [1.54, 1.807) is 35.0 Å². The highest BCUT2D eigenvalue weighted by molar-refractivity contribution is 6.00. The number of carbonyl (C=O) groups is 6. The van der Waals surface area contributed by atoms with Gasteiger partial charge in [0.05, 0.1) is 24.5 Å². The molecular formula is C55H87F3N6O16. The summed E-state index contributed by atoms with van der Waals surface area (Å²) in [4.78, 5) is 78.8. The predicted octanol–water partition coefficient (Wildman–Crippen LogP) is 9.53. The Morgan fingerprint density at radius 2 is 0.912 bits per heavy atom. The monoisotopic (exact) mass is 1140 g/mol. The number of carboxylic acid groups (broad SMARTS) is 1. The lowest BCUT2D eigenvalue weighted by atomic mass is 10.0. The summed E-state index contributed by atoms with van der Waals surface area (Å²) in [5.74, 6) is -3.63. The summed E-state index contributed by atoms with van der Waals surface area (Å²) in [6.45, 7) is 15.6. The molecule has 2 atom stereocenters. The zero-order valence-electron chi connectivity index (χ0n) is 48.0. The van der Waals surface area contributed by atoms with Crippen LogP contribution in [0.15, 0.2) is 58.8 Å². The van der Waals surface area contributed by atoms with Crippen LogP contribution in [0, 0.1) is 13.8 Å². The van der Waals surface area contributed by atoms with E-state index in [-0.39, 0.29) is 39.1 Å². The minimum Gasteiger partial charge on any atom is -0.475 e. The Morgan fingerprint density at radius 1 is 0.537 bits per heavy atom. The van der Waals surface area contributed by atoms with E-state index >= 15 is 0 Å². The first kappa shape index (κ1) is 73.3. The number of nitrogens with zero attached hydrogens (tertiary/aromatic N) is 2. The molecular weight excluding hydrogens is 1060 g/mol. The van der Waals surface area contributed by atoms with Gasteiger partial charge in [0, 0.05) is 60.7 Å². The van der Waals surface area contributed by atoms with Crippen molar-refractivity contribution < 1.29 is 89.9 Å². The van der Waals surface area contributed by atoms with Crippen LogP contribution in [0.3, 0.4) is 0 Å². The Hall–Kier alpha value is -6.73. The molecule has 0 fully saturated rings. The number of halogens is 3. The molecule has 22 nitrogen and oxygen atoms in total. The Bertz CT molecular complexity index is 2110. The summed E-state index contributed by atoms with van der Waals surface area (Å²) in [5, 5.41) is 23.4. The number of hydrogen-bond donors (Lipinski definition) is 5. The van der Waals surface area contributed by atoms with Crippen LogP contribution in [0.2, 0.25) is 0 Å². The van der Waals surface area contributed by atoms with Crippen LogP contribution < -0.4 is 21.7 Å². The van der Waals surface area contributed by atoms with Crippen molar-refractivity contribution in [3.8, 4) is 0 Å². The van der Waals surface area contributed by atoms with Gasteiger partial charge in [0.15, 0.2) is 0 Å². The number of alkyl carbamates (subject to hydrolysis) is 3. The maximum Gasteiger partial charge on any atom is 0.490 e. The number of unbranched alkanes of at least 4 members (excludes halogenated alkanes) is 6. The van der Waals surface area contributed by atoms with Gasteiger partial charge in [-0.1, -0.05) is 82.8 Å². The normalized spacial score (nSPS) is 12.2. The molecule has 0 heterocycles. The standard InChI is InChI=1S/C29H47N3O8.C24H39N3O6.C2HF3O2/c1-22-14-16-24(17-15-22)25(12-9-11-20-36-6)32-37-21-19-31-27(34)39-23(2)38-26(33)13-8-7-10-18-30-28(35)40-29(3,4)5;1-19-11-13-21(14-12-19)22(9-6-8-17-30-3)27-31-18-16-26-24(29)33-20(2)32-23(28)10-5-4-7-15-25;3-2(4,5)1(6)7/h14-17,23H,7-13,18-21H2,1-6H3,(H,30,35)(H,31,34);11-14,20H,4-10,15-18,25H2,1-3H3,(H,26,29);(H,6,7)/b32-25+;27-22+;. The van der Waals surface area contributed by atoms with E-state index in [0.29, 0.717) is 45.6 Å². The number of carboxylic acids is 1. The second-order valence-corrected chi connectivity index (χ2v) is 18.8. The van der Waals surface area contributed by atoms with Gasteiger partial charge in [-0.25, -0.2) is 19.2 Å². The van der Waals surface area contributed by atoms with E-state index in [4.69, 9.17) is 58.5 Å². The quantitative estimate of drug-likeness (QED) is 0.0107. The predicted molar refractivity (Wildman–Crippen MR) is 293 cm³/mol. The van der Waals surface area contributed by atoms with Gasteiger partial charge in [0.1, 0.15) is 18.8 Å². The van der Waals surface area contributed by atoms with Gasteiger partial charge in [-0.3, -0.25) is 9.59 Å². The van der Waals surface area contributed by atoms with Crippen molar-refractivity contribution in [3.05, 3.63) is 70.8 Å². The number of nitrogens with two attached hydrogens (primary N) is 1. The molecule has 2 rings (SSSR count). The number of rotatable bonds is 35. The highest BCUT2D eigenvalue weighted by atomic mass is 19.4. The first-order valence-electron chi connectivity index (χ1n) is 26.6. The molecule has 0 aromatic heterocycles. The van der Waals surface area contributed by atoms with Gasteiger partial charge in [-0.2, -0.15) is 13.2 Å². The lowest BCUT2D eigenvalue weighted by Crippen LogP contribution is -2.33. The Labute approximate surface area is 468 Å². The lowest BCUT2D eigenvalue weighted by Gasteiger charge is -2.19. The van der Waals surface area contributed by atoms with Gasteiger partial charge < -0.3 is 69.6 Å². The minimum absolute atomic E-state index is 0.152. The summed E-state index contributed by atoms with van der Waals surface area (Å²) in [5.41, 5.74) is 10.9. The number of esters is 2. The number of hydrogen-bond acceptors (Lipinski definition) is 18. The molecule has 3 amide bonds. The molecule has 6 N–H and O–H groups in total. The highest BCUT2D eigenvalue weighted by Crippen LogP contribution is 2.15. The largest absolute Gasteiger partial charge is 0.490 e. The fraction of sp³-hybridized carbons (Fsp3) is 0.636. The summed E-state index contributed by atoms with van der Waals surface area (Å²) < 4.78 is 67.4. The average Bonchev–Trinajstić information content (AvgIpc) is 3.37. The first-order valence-corrected chi connectivity index (χ1v) is 26.6. The van der Waals surface area contributed by atoms with Gasteiger partial charge >= 0.3 is 42.4 Å². The van der Waals surface area contributed by atoms with Crippen LogP contribution in [0.5, 0.6) is 0 Å². The molecule has 2 aromatic rings. The molecule has 2 aromatic carbocycles. The van der Waals surface area contributed by atoms with Crippen molar-refractivity contribution in [2.24, 2.45) is 16.0 Å². The first-order chi connectivity index (χ1) is 37.9. The topological polar surface area (TPSA) is 293 Å². The maximum absolute atomic E-state index is 12.0. The molecule has 0 aliphatic heterocycles. The Kier molecular flexibility index (Phi) is 40.4. The molecule has 2 unspecified atom stereocenters. The number of aryl methyl sites for hydroxylation is 2. The number of aliphatic carboxylic acids is 1. The van der Waals surface area contributed by atoms with Gasteiger partial charge in [-0.15, -0.1) is 0 Å². The highest BCUT2D eigenvalue weighted by Gasteiger charge is 2.38. The summed E-state index contributed by atoms with van der Waals surface area (Å²) in [6, 6.07) is 16.2. The Balaban J connectivity index is 0.00000141. The third-order valence-corrected chi connectivity index (χ3v) is 10.3. The molecule has 0 aliphatic carbocycles. The van der Waals surface area contributed by atoms with E-state index in [9.17, 15) is 37.1 Å². The fourth-order valence-electron chi connectivity index (χ4n) is 6.29. The average molecular weight is 1150 g/mol. The second kappa shape index (κ2) is 44.1. The number of alkyl halides is 3. The molecule has 0 aliphatic rings. The van der Waals surface area contributed by atoms with Crippen LogP contribution in [0.1, 0.15) is 147 Å². The van der Waals surface area contributed by atoms with E-state index in [1.165, 1.54) is 19.4 Å². The molecule has 0 radical (unpaired) electrons. The zero-order valence-corrected chi connectivity index (χ0v) is 48.0. The smallest absolute Gasteiger partial charge is 0.475 e. The van der Waals surface area contributed by atoms with Crippen molar-refractivity contribution in [3.63, 3.8) is 0 Å². The number of ether oxygens (including phenoxy) is 7. The fourth-order valence-corrected chi connectivity index (χ4v) is 6.29. The van der Waals surface area contributed by atoms with Crippen LogP contribution in [0.25, 0.3) is 0 Å². The van der Waals surface area contributed by atoms with Gasteiger partial charge in [-0.05, 0) is 116 Å². The molecule has 454 valence electrons. The number of methoxy groups -OCH3 is 2. The third kappa shape index (κ3) is 42.2. The van der Waals surface area contributed by atoms with Crippen LogP contribution in [0.4, 0.5) is 27.6 Å². The van der Waals surface area contributed by atoms with Gasteiger partial charge in [0.2, 0.25) is 12.6 Å². The summed E-state index contributed by atoms with van der Waals surface area (Å²) in [6.07, 6.45) is 1.15. The van der Waals surface area contributed by atoms with Gasteiger partial charge in [0.25, 0.3) is 0 Å². The number of carbonyl (C=O) groups excluding carboxylic acids is 5.